The number of carbonyl (C=O) groups is 1. The van der Waals surface area contributed by atoms with Gasteiger partial charge in [-0.05, 0) is 87.6 Å². The number of ether oxygens (including phenoxy) is 3. The molecule has 4 heterocycles. The monoisotopic (exact) mass is 551 g/mol. The van der Waals surface area contributed by atoms with Gasteiger partial charge in [-0.3, -0.25) is 9.69 Å². The Morgan fingerprint density at radius 2 is 2.12 bits per heavy atom. The minimum atomic E-state index is -0.811. The Kier molecular flexibility index (Phi) is 9.10. The number of aryl methyl sites for hydroxylation is 3. The molecule has 5 rings (SSSR count). The molecular formula is C32H45N3O5. The van der Waals surface area contributed by atoms with Gasteiger partial charge in [0.25, 0.3) is 0 Å². The molecule has 0 bridgehead atoms. The van der Waals surface area contributed by atoms with Crippen LogP contribution in [0.15, 0.2) is 24.3 Å². The predicted octanol–water partition coefficient (Wildman–Crippen LogP) is 4.85. The summed E-state index contributed by atoms with van der Waals surface area (Å²) in [5, 5.41) is 13.8. The molecule has 8 nitrogen and oxygen atoms in total. The van der Waals surface area contributed by atoms with E-state index in [0.29, 0.717) is 32.7 Å². The second-order valence-corrected chi connectivity index (χ2v) is 12.1. The van der Waals surface area contributed by atoms with Crippen molar-refractivity contribution in [2.24, 2.45) is 0 Å². The number of unbranched alkanes of at least 4 members (excludes halogenated alkanes) is 1. The number of hydrogen-bond acceptors (Lipinski definition) is 7. The largest absolute Gasteiger partial charge is 0.480 e. The molecule has 0 aliphatic carbocycles. The van der Waals surface area contributed by atoms with Crippen molar-refractivity contribution in [2.45, 2.75) is 96.2 Å². The number of nitrogens with one attached hydrogen (secondary N) is 1. The van der Waals surface area contributed by atoms with Crippen molar-refractivity contribution < 1.29 is 24.1 Å². The number of carboxylic acids is 1. The van der Waals surface area contributed by atoms with Crippen molar-refractivity contribution in [3.63, 3.8) is 0 Å². The SMILES string of the molecule is COC(C)(C)[C@H]1Cc2c(cc(C)cc2[C@H](C(=O)O)N2CC[C@@H](OCCCCc3ccc4c(n3)NCCC4)C2)CO1. The number of fused-ring (bicyclic) bond motifs is 2. The molecule has 0 radical (unpaired) electrons. The van der Waals surface area contributed by atoms with Gasteiger partial charge >= 0.3 is 5.97 Å². The van der Waals surface area contributed by atoms with Gasteiger partial charge in [-0.1, -0.05) is 23.8 Å². The van der Waals surface area contributed by atoms with E-state index in [9.17, 15) is 9.90 Å². The van der Waals surface area contributed by atoms with Crippen molar-refractivity contribution in [3.8, 4) is 0 Å². The molecule has 8 heteroatoms. The number of methoxy groups -OCH3 is 1. The van der Waals surface area contributed by atoms with E-state index in [4.69, 9.17) is 19.2 Å². The molecule has 3 aliphatic rings. The summed E-state index contributed by atoms with van der Waals surface area (Å²) in [7, 11) is 1.70. The van der Waals surface area contributed by atoms with E-state index in [2.05, 4.69) is 34.5 Å². The standard InChI is InChI=1S/C32H45N3O5/c1-21-16-23-20-40-28(32(2,3)38-4)18-26(23)27(17-21)29(31(36)37)35-14-12-25(19-35)39-15-6-5-9-24-11-10-22-8-7-13-33-30(22)34-24/h10-11,16-17,25,28-29H,5-9,12-15,18-20H2,1-4H3,(H,33,34)(H,36,37)/t25-,28-,29-/m1/s1. The predicted molar refractivity (Wildman–Crippen MR) is 155 cm³/mol. The average molecular weight is 552 g/mol. The highest BCUT2D eigenvalue weighted by Crippen LogP contribution is 2.37. The Hall–Kier alpha value is -2.52. The highest BCUT2D eigenvalue weighted by atomic mass is 16.5. The lowest BCUT2D eigenvalue weighted by Crippen LogP contribution is -2.44. The maximum atomic E-state index is 12.7. The average Bonchev–Trinajstić information content (AvgIpc) is 3.40. The first-order valence-electron chi connectivity index (χ1n) is 14.9. The fourth-order valence-corrected chi connectivity index (χ4v) is 6.33. The lowest BCUT2D eigenvalue weighted by molar-refractivity contribution is -0.143. The van der Waals surface area contributed by atoms with Gasteiger partial charge in [0.2, 0.25) is 0 Å². The van der Waals surface area contributed by atoms with E-state index in [1.807, 2.05) is 20.8 Å². The summed E-state index contributed by atoms with van der Waals surface area (Å²) in [6.45, 7) is 9.57. The first-order valence-corrected chi connectivity index (χ1v) is 14.9. The Labute approximate surface area is 238 Å². The number of pyridine rings is 1. The number of rotatable bonds is 11. The third-order valence-corrected chi connectivity index (χ3v) is 8.85. The van der Waals surface area contributed by atoms with Gasteiger partial charge in [-0.15, -0.1) is 0 Å². The Morgan fingerprint density at radius 1 is 1.27 bits per heavy atom. The first-order chi connectivity index (χ1) is 19.2. The zero-order valence-electron chi connectivity index (χ0n) is 24.5. The lowest BCUT2D eigenvalue weighted by Gasteiger charge is -2.38. The number of likely N-dealkylation sites (tertiary alicyclic amines) is 1. The number of aromatic nitrogens is 1. The van der Waals surface area contributed by atoms with Crippen LogP contribution >= 0.6 is 0 Å². The van der Waals surface area contributed by atoms with Crippen LogP contribution in [0.25, 0.3) is 0 Å². The van der Waals surface area contributed by atoms with Crippen LogP contribution in [-0.2, 0) is 44.9 Å². The van der Waals surface area contributed by atoms with Gasteiger partial charge in [0.05, 0.1) is 24.4 Å². The minimum Gasteiger partial charge on any atom is -0.480 e. The van der Waals surface area contributed by atoms with E-state index in [0.717, 1.165) is 72.4 Å². The molecule has 1 aromatic heterocycles. The number of benzene rings is 1. The van der Waals surface area contributed by atoms with Gasteiger partial charge in [-0.2, -0.15) is 0 Å². The smallest absolute Gasteiger partial charge is 0.325 e. The summed E-state index contributed by atoms with van der Waals surface area (Å²) < 4.78 is 18.1. The minimum absolute atomic E-state index is 0.0528. The fraction of sp³-hybridized carbons (Fsp3) is 0.625. The summed E-state index contributed by atoms with van der Waals surface area (Å²) in [4.78, 5) is 19.6. The normalized spacial score (nSPS) is 21.9. The van der Waals surface area contributed by atoms with Crippen LogP contribution in [0.1, 0.15) is 79.1 Å². The molecule has 3 atom stereocenters. The fourth-order valence-electron chi connectivity index (χ4n) is 6.33. The Bertz CT molecular complexity index is 1200. The third kappa shape index (κ3) is 6.51. The molecule has 218 valence electrons. The molecule has 0 saturated carbocycles. The lowest BCUT2D eigenvalue weighted by atomic mass is 9.84. The molecule has 1 aromatic carbocycles. The summed E-state index contributed by atoms with van der Waals surface area (Å²) in [6.07, 6.45) is 6.62. The maximum Gasteiger partial charge on any atom is 0.325 e. The number of nitrogens with zero attached hydrogens (tertiary/aromatic N) is 2. The topological polar surface area (TPSA) is 93.2 Å². The van der Waals surface area contributed by atoms with Crippen molar-refractivity contribution in [1.82, 2.24) is 9.88 Å². The van der Waals surface area contributed by atoms with E-state index in [-0.39, 0.29) is 12.2 Å². The molecule has 1 saturated heterocycles. The number of aliphatic carboxylic acids is 1. The summed E-state index contributed by atoms with van der Waals surface area (Å²) >= 11 is 0. The van der Waals surface area contributed by atoms with Crippen LogP contribution < -0.4 is 5.32 Å². The van der Waals surface area contributed by atoms with Gasteiger partial charge in [0.15, 0.2) is 0 Å². The Balaban J connectivity index is 1.17. The molecule has 2 aromatic rings. The van der Waals surface area contributed by atoms with Gasteiger partial charge in [-0.25, -0.2) is 4.98 Å². The van der Waals surface area contributed by atoms with Crippen LogP contribution in [0.2, 0.25) is 0 Å². The molecule has 0 amide bonds. The van der Waals surface area contributed by atoms with Crippen molar-refractivity contribution in [3.05, 3.63) is 57.8 Å². The highest BCUT2D eigenvalue weighted by molar-refractivity contribution is 5.76. The number of carboxylic acid groups (broad SMARTS) is 1. The van der Waals surface area contributed by atoms with E-state index in [1.165, 1.54) is 12.0 Å². The zero-order chi connectivity index (χ0) is 28.3. The molecule has 0 spiro atoms. The summed E-state index contributed by atoms with van der Waals surface area (Å²) in [6, 6.07) is 7.85. The molecular weight excluding hydrogens is 506 g/mol. The quantitative estimate of drug-likeness (QED) is 0.383. The zero-order valence-corrected chi connectivity index (χ0v) is 24.5. The summed E-state index contributed by atoms with van der Waals surface area (Å²) in [5.74, 6) is 0.244. The van der Waals surface area contributed by atoms with E-state index < -0.39 is 17.6 Å². The van der Waals surface area contributed by atoms with Crippen LogP contribution in [0, 0.1) is 6.92 Å². The maximum absolute atomic E-state index is 12.7. The van der Waals surface area contributed by atoms with Crippen LogP contribution in [0.5, 0.6) is 0 Å². The molecule has 3 aliphatic heterocycles. The second kappa shape index (κ2) is 12.6. The van der Waals surface area contributed by atoms with Crippen molar-refractivity contribution in [1.29, 1.82) is 0 Å². The second-order valence-electron chi connectivity index (χ2n) is 12.1. The molecule has 2 N–H and O–H groups in total. The summed E-state index contributed by atoms with van der Waals surface area (Å²) in [5.41, 5.74) is 6.11. The number of anilines is 1. The van der Waals surface area contributed by atoms with Crippen molar-refractivity contribution in [2.75, 3.05) is 38.7 Å². The van der Waals surface area contributed by atoms with Crippen LogP contribution in [-0.4, -0.2) is 72.1 Å². The molecule has 0 unspecified atom stereocenters. The Morgan fingerprint density at radius 3 is 2.92 bits per heavy atom. The first kappa shape index (κ1) is 29.0. The van der Waals surface area contributed by atoms with Crippen LogP contribution in [0.4, 0.5) is 5.82 Å². The van der Waals surface area contributed by atoms with Gasteiger partial charge in [0, 0.05) is 45.5 Å². The number of hydrogen-bond donors (Lipinski definition) is 2. The van der Waals surface area contributed by atoms with E-state index in [1.54, 1.807) is 7.11 Å². The van der Waals surface area contributed by atoms with Crippen LogP contribution in [0.3, 0.4) is 0 Å². The third-order valence-electron chi connectivity index (χ3n) is 8.85. The van der Waals surface area contributed by atoms with Gasteiger partial charge in [0.1, 0.15) is 11.9 Å². The van der Waals surface area contributed by atoms with Crippen molar-refractivity contribution >= 4 is 11.8 Å². The molecule has 1 fully saturated rings. The van der Waals surface area contributed by atoms with E-state index >= 15 is 0 Å². The molecule has 40 heavy (non-hydrogen) atoms. The highest BCUT2D eigenvalue weighted by Gasteiger charge is 2.39. The van der Waals surface area contributed by atoms with Gasteiger partial charge < -0.3 is 24.6 Å².